The SMILES string of the molecule is CCOC(=O)Cc1csc(NC(=O)CSc2nnc(C(C)Oc3ccccc3Cl)n2CC)n1. The van der Waals surface area contributed by atoms with Gasteiger partial charge in [0.2, 0.25) is 5.91 Å². The standard InChI is InChI=1S/C21H24ClN5O4S2/c1-4-27-19(13(3)31-16-9-7-6-8-15(16)22)25-26-21(27)33-12-17(28)24-20-23-14(11-32-20)10-18(29)30-5-2/h6-9,11,13H,4-5,10,12H2,1-3H3,(H,23,24,28). The highest BCUT2D eigenvalue weighted by Crippen LogP contribution is 2.29. The first-order valence-corrected chi connectivity index (χ1v) is 12.5. The van der Waals surface area contributed by atoms with E-state index >= 15 is 0 Å². The zero-order chi connectivity index (χ0) is 23.8. The van der Waals surface area contributed by atoms with E-state index in [4.69, 9.17) is 21.1 Å². The van der Waals surface area contributed by atoms with Gasteiger partial charge in [-0.1, -0.05) is 35.5 Å². The number of hydrogen-bond acceptors (Lipinski definition) is 9. The largest absolute Gasteiger partial charge is 0.481 e. The van der Waals surface area contributed by atoms with Crippen LogP contribution in [0.25, 0.3) is 0 Å². The summed E-state index contributed by atoms with van der Waals surface area (Å²) in [6.45, 7) is 6.53. The molecule has 2 aromatic heterocycles. The summed E-state index contributed by atoms with van der Waals surface area (Å²) >= 11 is 8.71. The first kappa shape index (κ1) is 25.0. The zero-order valence-corrected chi connectivity index (χ0v) is 20.8. The van der Waals surface area contributed by atoms with Crippen LogP contribution in [0.15, 0.2) is 34.8 Å². The van der Waals surface area contributed by atoms with Gasteiger partial charge in [-0.25, -0.2) is 4.98 Å². The molecule has 1 unspecified atom stereocenters. The molecule has 1 atom stereocenters. The molecular weight excluding hydrogens is 486 g/mol. The Morgan fingerprint density at radius 2 is 2.06 bits per heavy atom. The highest BCUT2D eigenvalue weighted by molar-refractivity contribution is 7.99. The summed E-state index contributed by atoms with van der Waals surface area (Å²) in [6.07, 6.45) is -0.306. The fourth-order valence-corrected chi connectivity index (χ4v) is 4.60. The predicted molar refractivity (Wildman–Crippen MR) is 128 cm³/mol. The van der Waals surface area contributed by atoms with E-state index in [1.54, 1.807) is 24.4 Å². The Labute approximate surface area is 204 Å². The maximum atomic E-state index is 12.4. The van der Waals surface area contributed by atoms with Crippen LogP contribution in [-0.2, 0) is 27.3 Å². The second kappa shape index (κ2) is 12.0. The molecule has 0 aliphatic rings. The molecule has 1 N–H and O–H groups in total. The van der Waals surface area contributed by atoms with E-state index in [1.165, 1.54) is 23.1 Å². The minimum atomic E-state index is -0.381. The van der Waals surface area contributed by atoms with Crippen LogP contribution in [0, 0.1) is 0 Å². The van der Waals surface area contributed by atoms with Gasteiger partial charge in [0.1, 0.15) is 5.75 Å². The summed E-state index contributed by atoms with van der Waals surface area (Å²) < 4.78 is 12.8. The Kier molecular flexibility index (Phi) is 9.10. The Morgan fingerprint density at radius 1 is 1.27 bits per heavy atom. The van der Waals surface area contributed by atoms with E-state index in [-0.39, 0.29) is 30.2 Å². The minimum absolute atomic E-state index is 0.0752. The number of anilines is 1. The van der Waals surface area contributed by atoms with Gasteiger partial charge in [0.05, 0.1) is 29.5 Å². The number of carbonyl (C=O) groups is 2. The molecule has 176 valence electrons. The third-order valence-corrected chi connectivity index (χ3v) is 6.41. The average molecular weight is 510 g/mol. The van der Waals surface area contributed by atoms with Gasteiger partial charge in [0.25, 0.3) is 0 Å². The van der Waals surface area contributed by atoms with Crippen molar-refractivity contribution in [2.45, 2.75) is 45.0 Å². The van der Waals surface area contributed by atoms with E-state index < -0.39 is 0 Å². The van der Waals surface area contributed by atoms with Crippen molar-refractivity contribution in [1.82, 2.24) is 19.7 Å². The molecule has 0 saturated carbocycles. The van der Waals surface area contributed by atoms with Gasteiger partial charge >= 0.3 is 5.97 Å². The van der Waals surface area contributed by atoms with E-state index in [0.717, 1.165) is 0 Å². The number of thiazole rings is 1. The Bertz CT molecular complexity index is 1100. The lowest BCUT2D eigenvalue weighted by molar-refractivity contribution is -0.142. The van der Waals surface area contributed by atoms with Crippen LogP contribution in [0.2, 0.25) is 5.02 Å². The van der Waals surface area contributed by atoms with Gasteiger partial charge in [0, 0.05) is 11.9 Å². The lowest BCUT2D eigenvalue weighted by Crippen LogP contribution is -2.15. The Balaban J connectivity index is 1.56. The first-order valence-electron chi connectivity index (χ1n) is 10.3. The molecule has 0 fully saturated rings. The normalized spacial score (nSPS) is 11.8. The second-order valence-corrected chi connectivity index (χ2v) is 8.95. The molecule has 3 aromatic rings. The number of amides is 1. The average Bonchev–Trinajstić information content (AvgIpc) is 3.40. The molecule has 1 aromatic carbocycles. The van der Waals surface area contributed by atoms with Crippen molar-refractivity contribution < 1.29 is 19.1 Å². The fraction of sp³-hybridized carbons (Fsp3) is 0.381. The van der Waals surface area contributed by atoms with Crippen LogP contribution in [0.4, 0.5) is 5.13 Å². The lowest BCUT2D eigenvalue weighted by Gasteiger charge is -2.16. The Morgan fingerprint density at radius 3 is 2.79 bits per heavy atom. The molecule has 0 aliphatic heterocycles. The molecule has 12 heteroatoms. The first-order chi connectivity index (χ1) is 15.9. The fourth-order valence-electron chi connectivity index (χ4n) is 2.88. The summed E-state index contributed by atoms with van der Waals surface area (Å²) in [5.41, 5.74) is 0.560. The predicted octanol–water partition coefficient (Wildman–Crippen LogP) is 4.38. The van der Waals surface area contributed by atoms with Crippen molar-refractivity contribution in [3.63, 3.8) is 0 Å². The molecular formula is C21H24ClN5O4S2. The number of nitrogens with zero attached hydrogens (tertiary/aromatic N) is 4. The number of nitrogens with one attached hydrogen (secondary N) is 1. The second-order valence-electron chi connectivity index (χ2n) is 6.74. The van der Waals surface area contributed by atoms with Crippen LogP contribution < -0.4 is 10.1 Å². The quantitative estimate of drug-likeness (QED) is 0.299. The molecule has 0 radical (unpaired) electrons. The van der Waals surface area contributed by atoms with Crippen LogP contribution in [0.3, 0.4) is 0 Å². The lowest BCUT2D eigenvalue weighted by atomic mass is 10.3. The van der Waals surface area contributed by atoms with Gasteiger partial charge in [-0.2, -0.15) is 0 Å². The van der Waals surface area contributed by atoms with Gasteiger partial charge < -0.3 is 19.4 Å². The molecule has 3 rings (SSSR count). The minimum Gasteiger partial charge on any atom is -0.481 e. The maximum Gasteiger partial charge on any atom is 0.311 e. The van der Waals surface area contributed by atoms with E-state index in [2.05, 4.69) is 20.5 Å². The van der Waals surface area contributed by atoms with E-state index in [9.17, 15) is 9.59 Å². The number of halogens is 1. The monoisotopic (exact) mass is 509 g/mol. The molecule has 0 aliphatic carbocycles. The van der Waals surface area contributed by atoms with Crippen molar-refractivity contribution in [2.75, 3.05) is 17.7 Å². The van der Waals surface area contributed by atoms with Gasteiger partial charge in [-0.3, -0.25) is 9.59 Å². The van der Waals surface area contributed by atoms with Crippen LogP contribution >= 0.6 is 34.7 Å². The third-order valence-electron chi connectivity index (χ3n) is 4.33. The number of ether oxygens (including phenoxy) is 2. The van der Waals surface area contributed by atoms with Crippen molar-refractivity contribution in [2.24, 2.45) is 0 Å². The molecule has 0 saturated heterocycles. The van der Waals surface area contributed by atoms with Crippen LogP contribution in [-0.4, -0.2) is 44.0 Å². The maximum absolute atomic E-state index is 12.4. The van der Waals surface area contributed by atoms with Crippen LogP contribution in [0.5, 0.6) is 5.75 Å². The molecule has 33 heavy (non-hydrogen) atoms. The van der Waals surface area contributed by atoms with Gasteiger partial charge in [-0.05, 0) is 32.9 Å². The van der Waals surface area contributed by atoms with Crippen molar-refractivity contribution in [3.05, 3.63) is 46.2 Å². The smallest absolute Gasteiger partial charge is 0.311 e. The number of hydrogen-bond donors (Lipinski definition) is 1. The topological polar surface area (TPSA) is 108 Å². The van der Waals surface area contributed by atoms with Crippen LogP contribution in [0.1, 0.15) is 38.4 Å². The summed E-state index contributed by atoms with van der Waals surface area (Å²) in [5, 5.41) is 14.5. The number of carbonyl (C=O) groups excluding carboxylic acids is 2. The van der Waals surface area contributed by atoms with Crippen molar-refractivity contribution in [3.8, 4) is 5.75 Å². The van der Waals surface area contributed by atoms with Gasteiger partial charge in [-0.15, -0.1) is 21.5 Å². The van der Waals surface area contributed by atoms with E-state index in [1.807, 2.05) is 30.5 Å². The zero-order valence-electron chi connectivity index (χ0n) is 18.4. The summed E-state index contributed by atoms with van der Waals surface area (Å²) in [6, 6.07) is 7.24. The molecule has 0 spiro atoms. The highest BCUT2D eigenvalue weighted by atomic mass is 35.5. The number of esters is 1. The summed E-state index contributed by atoms with van der Waals surface area (Å²) in [4.78, 5) is 28.2. The van der Waals surface area contributed by atoms with E-state index in [0.29, 0.717) is 45.7 Å². The molecule has 1 amide bonds. The molecule has 2 heterocycles. The van der Waals surface area contributed by atoms with Crippen molar-refractivity contribution in [1.29, 1.82) is 0 Å². The molecule has 9 nitrogen and oxygen atoms in total. The number of benzene rings is 1. The highest BCUT2D eigenvalue weighted by Gasteiger charge is 2.20. The number of thioether (sulfide) groups is 1. The number of aromatic nitrogens is 4. The number of para-hydroxylation sites is 1. The third kappa shape index (κ3) is 6.92. The summed E-state index contributed by atoms with van der Waals surface area (Å²) in [7, 11) is 0. The van der Waals surface area contributed by atoms with Gasteiger partial charge in [0.15, 0.2) is 22.2 Å². The molecule has 0 bridgehead atoms. The number of rotatable bonds is 11. The van der Waals surface area contributed by atoms with Crippen molar-refractivity contribution >= 4 is 51.7 Å². The Hall–Kier alpha value is -2.63. The summed E-state index contributed by atoms with van der Waals surface area (Å²) in [5.74, 6) is 0.758.